The van der Waals surface area contributed by atoms with Crippen LogP contribution in [-0.2, 0) is 4.79 Å². The largest absolute Gasteiger partial charge is 0.465 e. The van der Waals surface area contributed by atoms with Crippen molar-refractivity contribution >= 4 is 46.4 Å². The second-order valence-corrected chi connectivity index (χ2v) is 6.19. The average molecular weight is 365 g/mol. The number of hydrogen-bond donors (Lipinski definition) is 2. The van der Waals surface area contributed by atoms with E-state index in [9.17, 15) is 9.59 Å². The van der Waals surface area contributed by atoms with Gasteiger partial charge in [-0.25, -0.2) is 0 Å². The van der Waals surface area contributed by atoms with Crippen LogP contribution in [0.4, 0.5) is 11.4 Å². The van der Waals surface area contributed by atoms with Crippen molar-refractivity contribution in [1.82, 2.24) is 0 Å². The average Bonchev–Trinajstić information content (AvgIpc) is 3.25. The van der Waals surface area contributed by atoms with Crippen molar-refractivity contribution in [3.63, 3.8) is 0 Å². The molecule has 0 aliphatic carbocycles. The van der Waals surface area contributed by atoms with Gasteiger partial charge in [-0.15, -0.1) is 0 Å². The number of halogens is 1. The van der Waals surface area contributed by atoms with E-state index in [1.165, 1.54) is 6.26 Å². The highest BCUT2D eigenvalue weighted by molar-refractivity contribution is 6.35. The van der Waals surface area contributed by atoms with Crippen LogP contribution in [0, 0.1) is 0 Å². The van der Waals surface area contributed by atoms with E-state index in [2.05, 4.69) is 10.6 Å². The van der Waals surface area contributed by atoms with E-state index in [0.29, 0.717) is 38.9 Å². The molecule has 1 aliphatic rings. The van der Waals surface area contributed by atoms with Gasteiger partial charge in [0.2, 0.25) is 0 Å². The van der Waals surface area contributed by atoms with Crippen LogP contribution in [0.15, 0.2) is 65.3 Å². The Morgan fingerprint density at radius 3 is 2.65 bits per heavy atom. The molecule has 2 heterocycles. The SMILES string of the molecule is O=C1Nc2ccc(C(=O)Nc3ccc(Cl)cc3)cc2C1=Cc1ccco1. The molecule has 128 valence electrons. The molecule has 1 aliphatic heterocycles. The molecule has 0 atom stereocenters. The van der Waals surface area contributed by atoms with Gasteiger partial charge in [0.05, 0.1) is 11.8 Å². The molecular formula is C20H13ClN2O3. The number of benzene rings is 2. The number of hydrogen-bond acceptors (Lipinski definition) is 3. The van der Waals surface area contributed by atoms with Crippen molar-refractivity contribution in [2.24, 2.45) is 0 Å². The summed E-state index contributed by atoms with van der Waals surface area (Å²) < 4.78 is 5.28. The van der Waals surface area contributed by atoms with Crippen LogP contribution in [0.3, 0.4) is 0 Å². The molecule has 2 N–H and O–H groups in total. The minimum Gasteiger partial charge on any atom is -0.465 e. The van der Waals surface area contributed by atoms with Crippen molar-refractivity contribution in [2.75, 3.05) is 10.6 Å². The van der Waals surface area contributed by atoms with Gasteiger partial charge in [-0.1, -0.05) is 11.6 Å². The van der Waals surface area contributed by atoms with Crippen LogP contribution in [0.5, 0.6) is 0 Å². The lowest BCUT2D eigenvalue weighted by molar-refractivity contribution is -0.110. The van der Waals surface area contributed by atoms with Crippen LogP contribution in [0.2, 0.25) is 5.02 Å². The van der Waals surface area contributed by atoms with Gasteiger partial charge >= 0.3 is 0 Å². The van der Waals surface area contributed by atoms with Gasteiger partial charge in [0.15, 0.2) is 0 Å². The fraction of sp³-hybridized carbons (Fsp3) is 0. The van der Waals surface area contributed by atoms with E-state index in [1.807, 2.05) is 0 Å². The summed E-state index contributed by atoms with van der Waals surface area (Å²) in [5.41, 5.74) is 2.86. The predicted octanol–water partition coefficient (Wildman–Crippen LogP) is 4.68. The first-order chi connectivity index (χ1) is 12.6. The molecule has 0 saturated heterocycles. The first-order valence-electron chi connectivity index (χ1n) is 7.88. The van der Waals surface area contributed by atoms with Gasteiger partial charge in [-0.05, 0) is 60.7 Å². The maximum atomic E-state index is 12.5. The third-order valence-corrected chi connectivity index (χ3v) is 4.25. The maximum absolute atomic E-state index is 12.5. The van der Waals surface area contributed by atoms with Crippen molar-refractivity contribution in [2.45, 2.75) is 0 Å². The Morgan fingerprint density at radius 1 is 1.12 bits per heavy atom. The highest BCUT2D eigenvalue weighted by Gasteiger charge is 2.25. The van der Waals surface area contributed by atoms with E-state index < -0.39 is 0 Å². The van der Waals surface area contributed by atoms with E-state index in [1.54, 1.807) is 60.7 Å². The van der Waals surface area contributed by atoms with E-state index >= 15 is 0 Å². The standard InChI is InChI=1S/C20H13ClN2O3/c21-13-4-6-14(7-5-13)22-19(24)12-3-8-18-16(10-12)17(20(25)23-18)11-15-2-1-9-26-15/h1-11H,(H,22,24)(H,23,25). The number of carbonyl (C=O) groups excluding carboxylic acids is 2. The first-order valence-corrected chi connectivity index (χ1v) is 8.26. The molecule has 0 saturated carbocycles. The number of rotatable bonds is 3. The van der Waals surface area contributed by atoms with Gasteiger partial charge in [0, 0.05) is 27.5 Å². The van der Waals surface area contributed by atoms with Gasteiger partial charge in [0.1, 0.15) is 5.76 Å². The molecule has 26 heavy (non-hydrogen) atoms. The second-order valence-electron chi connectivity index (χ2n) is 5.75. The third-order valence-electron chi connectivity index (χ3n) is 4.00. The molecule has 2 aromatic carbocycles. The highest BCUT2D eigenvalue weighted by atomic mass is 35.5. The summed E-state index contributed by atoms with van der Waals surface area (Å²) >= 11 is 5.85. The van der Waals surface area contributed by atoms with Crippen LogP contribution < -0.4 is 10.6 Å². The zero-order chi connectivity index (χ0) is 18.1. The van der Waals surface area contributed by atoms with Crippen LogP contribution in [0.25, 0.3) is 11.6 Å². The number of amides is 2. The Hall–Kier alpha value is -3.31. The van der Waals surface area contributed by atoms with Crippen LogP contribution in [0.1, 0.15) is 21.7 Å². The Kier molecular flexibility index (Phi) is 4.07. The quantitative estimate of drug-likeness (QED) is 0.663. The zero-order valence-electron chi connectivity index (χ0n) is 13.5. The molecule has 0 fully saturated rings. The minimum atomic E-state index is -0.271. The summed E-state index contributed by atoms with van der Waals surface area (Å²) in [7, 11) is 0. The smallest absolute Gasteiger partial charge is 0.256 e. The van der Waals surface area contributed by atoms with Crippen molar-refractivity contribution < 1.29 is 14.0 Å². The Balaban J connectivity index is 1.64. The summed E-state index contributed by atoms with van der Waals surface area (Å²) in [6.45, 7) is 0. The third kappa shape index (κ3) is 3.12. The molecule has 2 amide bonds. The molecule has 0 bridgehead atoms. The predicted molar refractivity (Wildman–Crippen MR) is 101 cm³/mol. The molecule has 0 unspecified atom stereocenters. The fourth-order valence-electron chi connectivity index (χ4n) is 2.72. The molecule has 5 nitrogen and oxygen atoms in total. The number of furan rings is 1. The number of nitrogens with one attached hydrogen (secondary N) is 2. The lowest BCUT2D eigenvalue weighted by atomic mass is 10.0. The van der Waals surface area contributed by atoms with Crippen LogP contribution in [-0.4, -0.2) is 11.8 Å². The van der Waals surface area contributed by atoms with Gasteiger partial charge in [0.25, 0.3) is 11.8 Å². The van der Waals surface area contributed by atoms with Gasteiger partial charge < -0.3 is 15.1 Å². The molecular weight excluding hydrogens is 352 g/mol. The normalized spacial score (nSPS) is 14.2. The van der Waals surface area contributed by atoms with Crippen molar-refractivity contribution in [3.8, 4) is 0 Å². The summed E-state index contributed by atoms with van der Waals surface area (Å²) in [6.07, 6.45) is 3.19. The highest BCUT2D eigenvalue weighted by Crippen LogP contribution is 2.34. The van der Waals surface area contributed by atoms with E-state index in [0.717, 1.165) is 0 Å². The first kappa shape index (κ1) is 16.2. The van der Waals surface area contributed by atoms with Crippen molar-refractivity contribution in [3.05, 3.63) is 82.8 Å². The topological polar surface area (TPSA) is 71.3 Å². The summed E-state index contributed by atoms with van der Waals surface area (Å²) in [4.78, 5) is 24.7. The van der Waals surface area contributed by atoms with Crippen molar-refractivity contribution in [1.29, 1.82) is 0 Å². The zero-order valence-corrected chi connectivity index (χ0v) is 14.2. The Bertz CT molecular complexity index is 1020. The molecule has 4 rings (SSSR count). The minimum absolute atomic E-state index is 0.230. The van der Waals surface area contributed by atoms with E-state index in [-0.39, 0.29) is 11.8 Å². The maximum Gasteiger partial charge on any atom is 0.256 e. The second kappa shape index (κ2) is 6.54. The van der Waals surface area contributed by atoms with Gasteiger partial charge in [-0.2, -0.15) is 0 Å². The monoisotopic (exact) mass is 364 g/mol. The van der Waals surface area contributed by atoms with E-state index in [4.69, 9.17) is 16.0 Å². The Morgan fingerprint density at radius 2 is 1.92 bits per heavy atom. The number of fused-ring (bicyclic) bond motifs is 1. The summed E-state index contributed by atoms with van der Waals surface area (Å²) in [5, 5.41) is 6.19. The molecule has 0 radical (unpaired) electrons. The molecule has 1 aromatic heterocycles. The molecule has 6 heteroatoms. The van der Waals surface area contributed by atoms with Crippen LogP contribution >= 0.6 is 11.6 Å². The lowest BCUT2D eigenvalue weighted by Gasteiger charge is -2.07. The van der Waals surface area contributed by atoms with Gasteiger partial charge in [-0.3, -0.25) is 9.59 Å². The molecule has 3 aromatic rings. The lowest BCUT2D eigenvalue weighted by Crippen LogP contribution is -2.11. The number of anilines is 2. The fourth-order valence-corrected chi connectivity index (χ4v) is 2.85. The summed E-state index contributed by atoms with van der Waals surface area (Å²) in [6, 6.07) is 15.4. The Labute approximate surface area is 154 Å². The summed E-state index contributed by atoms with van der Waals surface area (Å²) in [5.74, 6) is 0.0671. The number of carbonyl (C=O) groups is 2. The molecule has 0 spiro atoms.